The van der Waals surface area contributed by atoms with Gasteiger partial charge >= 0.3 is 6.09 Å². The third kappa shape index (κ3) is 10.7. The van der Waals surface area contributed by atoms with Crippen molar-refractivity contribution in [3.8, 4) is 0 Å². The maximum atomic E-state index is 14.2. The van der Waals surface area contributed by atoms with Gasteiger partial charge in [0.15, 0.2) is 0 Å². The highest BCUT2D eigenvalue weighted by molar-refractivity contribution is 7.80. The van der Waals surface area contributed by atoms with Gasteiger partial charge < -0.3 is 20.3 Å². The Morgan fingerprint density at radius 2 is 1.51 bits per heavy atom. The zero-order chi connectivity index (χ0) is 30.7. The number of nitrogens with zero attached hydrogens (tertiary/aromatic N) is 1. The molecule has 41 heavy (non-hydrogen) atoms. The quantitative estimate of drug-likeness (QED) is 0.172. The zero-order valence-electron chi connectivity index (χ0n) is 26.1. The highest BCUT2D eigenvalue weighted by Gasteiger charge is 2.36. The van der Waals surface area contributed by atoms with Crippen LogP contribution in [-0.4, -0.2) is 46.7 Å². The molecule has 0 fully saturated rings. The fraction of sp³-hybridized carbons (Fsp3) is 0.545. The maximum absolute atomic E-state index is 14.2. The minimum absolute atomic E-state index is 0.0580. The molecule has 2 N–H and O–H groups in total. The van der Waals surface area contributed by atoms with Gasteiger partial charge in [-0.25, -0.2) is 4.79 Å². The molecule has 2 atom stereocenters. The molecule has 2 unspecified atom stereocenters. The van der Waals surface area contributed by atoms with Crippen molar-refractivity contribution < 1.29 is 19.1 Å². The number of rotatable bonds is 13. The maximum Gasteiger partial charge on any atom is 0.408 e. The normalized spacial score (nSPS) is 12.8. The van der Waals surface area contributed by atoms with Gasteiger partial charge in [0.05, 0.1) is 0 Å². The minimum Gasteiger partial charge on any atom is -0.444 e. The van der Waals surface area contributed by atoms with Crippen molar-refractivity contribution >= 4 is 36.2 Å². The summed E-state index contributed by atoms with van der Waals surface area (Å²) in [5.74, 6) is -0.616. The fourth-order valence-corrected chi connectivity index (χ4v) is 5.18. The first-order chi connectivity index (χ1) is 19.3. The van der Waals surface area contributed by atoms with E-state index in [9.17, 15) is 14.4 Å². The summed E-state index contributed by atoms with van der Waals surface area (Å²) < 4.78 is 5.42. The standard InChI is InChI=1S/C33H49N3O4S/c1-9-10-11-12-13-17-36(31(38)27(21-41)34-32(39)40-33(6,7)8)29(26-19-22(2)18-23(3)20-26)30(37)35-28-24(4)15-14-16-25(28)5/h14-16,18-20,27,29,41H,9-13,17,21H2,1-8H3,(H,34,39)(H,35,37). The second-order valence-electron chi connectivity index (χ2n) is 11.9. The summed E-state index contributed by atoms with van der Waals surface area (Å²) in [5, 5.41) is 5.82. The average Bonchev–Trinajstić information content (AvgIpc) is 2.86. The van der Waals surface area contributed by atoms with Gasteiger partial charge in [0.25, 0.3) is 5.91 Å². The van der Waals surface area contributed by atoms with Gasteiger partial charge in [0.2, 0.25) is 5.91 Å². The predicted molar refractivity (Wildman–Crippen MR) is 171 cm³/mol. The first-order valence-corrected chi connectivity index (χ1v) is 15.3. The van der Waals surface area contributed by atoms with E-state index in [0.29, 0.717) is 6.54 Å². The Bertz CT molecular complexity index is 1150. The van der Waals surface area contributed by atoms with Crippen molar-refractivity contribution in [2.75, 3.05) is 17.6 Å². The number of hydrogen-bond acceptors (Lipinski definition) is 5. The van der Waals surface area contributed by atoms with Crippen LogP contribution in [0.4, 0.5) is 10.5 Å². The highest BCUT2D eigenvalue weighted by atomic mass is 32.1. The number of thiol groups is 1. The number of carbonyl (C=O) groups is 3. The number of alkyl carbamates (subject to hydrolysis) is 1. The van der Waals surface area contributed by atoms with Gasteiger partial charge in [-0.15, -0.1) is 0 Å². The summed E-state index contributed by atoms with van der Waals surface area (Å²) in [7, 11) is 0. The van der Waals surface area contributed by atoms with E-state index < -0.39 is 23.8 Å². The summed E-state index contributed by atoms with van der Waals surface area (Å²) in [6, 6.07) is 9.93. The Morgan fingerprint density at radius 1 is 0.927 bits per heavy atom. The molecule has 0 spiro atoms. The smallest absolute Gasteiger partial charge is 0.408 e. The van der Waals surface area contributed by atoms with Crippen molar-refractivity contribution in [3.05, 3.63) is 64.2 Å². The van der Waals surface area contributed by atoms with Crippen LogP contribution >= 0.6 is 12.6 Å². The third-order valence-corrected chi connectivity index (χ3v) is 7.17. The Morgan fingerprint density at radius 3 is 2.05 bits per heavy atom. The average molecular weight is 584 g/mol. The van der Waals surface area contributed by atoms with Crippen molar-refractivity contribution in [3.63, 3.8) is 0 Å². The Labute approximate surface area is 252 Å². The highest BCUT2D eigenvalue weighted by Crippen LogP contribution is 2.29. The molecule has 0 saturated carbocycles. The number of carbonyl (C=O) groups excluding carboxylic acids is 3. The van der Waals surface area contributed by atoms with E-state index in [4.69, 9.17) is 4.74 Å². The number of unbranched alkanes of at least 4 members (excludes halogenated alkanes) is 4. The van der Waals surface area contributed by atoms with Crippen molar-refractivity contribution in [1.29, 1.82) is 0 Å². The summed E-state index contributed by atoms with van der Waals surface area (Å²) in [5.41, 5.74) is 4.61. The zero-order valence-corrected chi connectivity index (χ0v) is 27.0. The van der Waals surface area contributed by atoms with Gasteiger partial charge in [0, 0.05) is 18.0 Å². The van der Waals surface area contributed by atoms with Crippen LogP contribution < -0.4 is 10.6 Å². The van der Waals surface area contributed by atoms with Crippen LogP contribution in [0, 0.1) is 27.7 Å². The molecule has 0 radical (unpaired) electrons. The van der Waals surface area contributed by atoms with Crippen molar-refractivity contribution in [2.24, 2.45) is 0 Å². The molecular formula is C33H49N3O4S. The first kappa shape index (κ1) is 34.2. The molecule has 2 aromatic rings. The lowest BCUT2D eigenvalue weighted by Gasteiger charge is -2.35. The van der Waals surface area contributed by atoms with Crippen LogP contribution in [0.3, 0.4) is 0 Å². The Balaban J connectivity index is 2.56. The molecule has 0 aromatic heterocycles. The van der Waals surface area contributed by atoms with Gasteiger partial charge in [-0.3, -0.25) is 9.59 Å². The summed E-state index contributed by atoms with van der Waals surface area (Å²) in [6.07, 6.45) is 4.23. The molecule has 0 aliphatic rings. The van der Waals surface area contributed by atoms with Crippen LogP contribution in [-0.2, 0) is 14.3 Å². The van der Waals surface area contributed by atoms with E-state index in [1.807, 2.05) is 64.1 Å². The second-order valence-corrected chi connectivity index (χ2v) is 12.3. The molecule has 0 bridgehead atoms. The van der Waals surface area contributed by atoms with E-state index >= 15 is 0 Å². The van der Waals surface area contributed by atoms with E-state index in [0.717, 1.165) is 65.6 Å². The fourth-order valence-electron chi connectivity index (χ4n) is 4.93. The number of nitrogens with one attached hydrogen (secondary N) is 2. The van der Waals surface area contributed by atoms with Gasteiger partial charge in [-0.1, -0.05) is 80.1 Å². The number of anilines is 1. The van der Waals surface area contributed by atoms with Crippen molar-refractivity contribution in [1.82, 2.24) is 10.2 Å². The van der Waals surface area contributed by atoms with Crippen LogP contribution in [0.15, 0.2) is 36.4 Å². The third-order valence-electron chi connectivity index (χ3n) is 6.81. The molecule has 226 valence electrons. The molecule has 0 aliphatic heterocycles. The van der Waals surface area contributed by atoms with Crippen LogP contribution in [0.5, 0.6) is 0 Å². The largest absolute Gasteiger partial charge is 0.444 e. The van der Waals surface area contributed by atoms with Gasteiger partial charge in [-0.2, -0.15) is 12.6 Å². The predicted octanol–water partition coefficient (Wildman–Crippen LogP) is 7.22. The summed E-state index contributed by atoms with van der Waals surface area (Å²) in [6.45, 7) is 15.7. The molecule has 3 amide bonds. The van der Waals surface area contributed by atoms with E-state index in [1.54, 1.807) is 25.7 Å². The SMILES string of the molecule is CCCCCCCN(C(=O)C(CS)NC(=O)OC(C)(C)C)C(C(=O)Nc1c(C)cccc1C)c1cc(C)cc(C)c1. The van der Waals surface area contributed by atoms with E-state index in [1.165, 1.54) is 0 Å². The number of aryl methyl sites for hydroxylation is 4. The number of hydrogen-bond donors (Lipinski definition) is 3. The number of para-hydroxylation sites is 1. The lowest BCUT2D eigenvalue weighted by Crippen LogP contribution is -2.53. The second kappa shape index (κ2) is 15.9. The molecule has 2 aromatic carbocycles. The molecule has 7 nitrogen and oxygen atoms in total. The lowest BCUT2D eigenvalue weighted by atomic mass is 9.97. The molecule has 8 heteroatoms. The molecule has 0 saturated heterocycles. The van der Waals surface area contributed by atoms with Crippen LogP contribution in [0.1, 0.15) is 93.7 Å². The first-order valence-electron chi connectivity index (χ1n) is 14.6. The number of ether oxygens (including phenoxy) is 1. The van der Waals surface area contributed by atoms with Crippen molar-refractivity contribution in [2.45, 2.75) is 105 Å². The summed E-state index contributed by atoms with van der Waals surface area (Å²) in [4.78, 5) is 42.7. The van der Waals surface area contributed by atoms with Gasteiger partial charge in [-0.05, 0) is 71.6 Å². The van der Waals surface area contributed by atoms with E-state index in [-0.39, 0.29) is 17.6 Å². The van der Waals surface area contributed by atoms with Crippen LogP contribution in [0.2, 0.25) is 0 Å². The topological polar surface area (TPSA) is 87.7 Å². The van der Waals surface area contributed by atoms with Gasteiger partial charge in [0.1, 0.15) is 17.7 Å². The van der Waals surface area contributed by atoms with E-state index in [2.05, 4.69) is 30.2 Å². The lowest BCUT2D eigenvalue weighted by molar-refractivity contribution is -0.140. The number of amides is 3. The molecular weight excluding hydrogens is 534 g/mol. The Hall–Kier alpha value is -3.00. The number of benzene rings is 2. The molecule has 2 rings (SSSR count). The summed E-state index contributed by atoms with van der Waals surface area (Å²) >= 11 is 4.40. The van der Waals surface area contributed by atoms with Crippen LogP contribution in [0.25, 0.3) is 0 Å². The Kier molecular flexibility index (Phi) is 13.2. The monoisotopic (exact) mass is 583 g/mol. The molecule has 0 aliphatic carbocycles. The molecule has 0 heterocycles. The minimum atomic E-state index is -0.967.